The first-order chi connectivity index (χ1) is 13.9. The molecule has 2 amide bonds. The van der Waals surface area contributed by atoms with Crippen molar-refractivity contribution in [2.24, 2.45) is 4.99 Å². The SMILES string of the molecule is O=C(NC1CCN(C(=O)CN=C2NS(=O)(=O)c3ccccc32)CC1)c1ccsc1. The molecular formula is C19H20N4O4S2. The minimum atomic E-state index is -3.61. The van der Waals surface area contributed by atoms with Crippen molar-refractivity contribution in [2.45, 2.75) is 23.8 Å². The molecule has 1 saturated heterocycles. The summed E-state index contributed by atoms with van der Waals surface area (Å²) < 4.78 is 26.6. The fourth-order valence-electron chi connectivity index (χ4n) is 3.43. The number of amidine groups is 1. The van der Waals surface area contributed by atoms with E-state index < -0.39 is 10.0 Å². The number of piperidine rings is 1. The fraction of sp³-hybridized carbons (Fsp3) is 0.316. The smallest absolute Gasteiger partial charge is 0.263 e. The van der Waals surface area contributed by atoms with Gasteiger partial charge in [0.15, 0.2) is 0 Å². The molecule has 0 saturated carbocycles. The lowest BCUT2D eigenvalue weighted by Gasteiger charge is -2.32. The van der Waals surface area contributed by atoms with E-state index >= 15 is 0 Å². The van der Waals surface area contributed by atoms with Gasteiger partial charge in [0.1, 0.15) is 12.4 Å². The van der Waals surface area contributed by atoms with E-state index in [2.05, 4.69) is 15.0 Å². The number of likely N-dealkylation sites (tertiary alicyclic amines) is 1. The number of benzene rings is 1. The van der Waals surface area contributed by atoms with E-state index in [1.165, 1.54) is 17.4 Å². The summed E-state index contributed by atoms with van der Waals surface area (Å²) in [5.74, 6) is -0.0508. The van der Waals surface area contributed by atoms with Gasteiger partial charge < -0.3 is 10.2 Å². The van der Waals surface area contributed by atoms with Crippen LogP contribution in [0.2, 0.25) is 0 Å². The van der Waals surface area contributed by atoms with Gasteiger partial charge in [-0.15, -0.1) is 0 Å². The van der Waals surface area contributed by atoms with E-state index in [1.54, 1.807) is 29.2 Å². The summed E-state index contributed by atoms with van der Waals surface area (Å²) in [5.41, 5.74) is 1.14. The zero-order valence-electron chi connectivity index (χ0n) is 15.5. The lowest BCUT2D eigenvalue weighted by molar-refractivity contribution is -0.130. The summed E-state index contributed by atoms with van der Waals surface area (Å²) in [6.07, 6.45) is 1.35. The zero-order chi connectivity index (χ0) is 20.4. The van der Waals surface area contributed by atoms with E-state index in [4.69, 9.17) is 0 Å². The molecule has 0 bridgehead atoms. The average Bonchev–Trinajstić information content (AvgIpc) is 3.34. The number of nitrogens with zero attached hydrogens (tertiary/aromatic N) is 2. The second kappa shape index (κ2) is 7.96. The highest BCUT2D eigenvalue weighted by molar-refractivity contribution is 7.90. The quantitative estimate of drug-likeness (QED) is 0.757. The molecule has 1 fully saturated rings. The molecule has 2 N–H and O–H groups in total. The van der Waals surface area contributed by atoms with E-state index in [0.29, 0.717) is 37.1 Å². The Balaban J connectivity index is 1.32. The normalized spacial score (nSPS) is 19.6. The van der Waals surface area contributed by atoms with Crippen molar-refractivity contribution < 1.29 is 18.0 Å². The number of nitrogens with one attached hydrogen (secondary N) is 2. The number of fused-ring (bicyclic) bond motifs is 1. The highest BCUT2D eigenvalue weighted by Gasteiger charge is 2.30. The van der Waals surface area contributed by atoms with Gasteiger partial charge in [0, 0.05) is 35.6 Å². The third kappa shape index (κ3) is 4.18. The van der Waals surface area contributed by atoms with Crippen molar-refractivity contribution in [1.29, 1.82) is 0 Å². The van der Waals surface area contributed by atoms with Crippen LogP contribution in [-0.4, -0.2) is 56.6 Å². The Morgan fingerprint density at radius 3 is 2.69 bits per heavy atom. The van der Waals surface area contributed by atoms with E-state index in [0.717, 1.165) is 0 Å². The van der Waals surface area contributed by atoms with Crippen LogP contribution in [0.4, 0.5) is 0 Å². The molecule has 0 spiro atoms. The summed E-state index contributed by atoms with van der Waals surface area (Å²) in [6, 6.07) is 8.37. The number of thiophene rings is 1. The summed E-state index contributed by atoms with van der Waals surface area (Å²) in [6.45, 7) is 0.930. The summed E-state index contributed by atoms with van der Waals surface area (Å²) in [5, 5.41) is 6.67. The number of rotatable bonds is 4. The molecule has 2 aliphatic rings. The van der Waals surface area contributed by atoms with Gasteiger partial charge in [0.25, 0.3) is 15.9 Å². The van der Waals surface area contributed by atoms with Crippen molar-refractivity contribution in [2.75, 3.05) is 19.6 Å². The Hall–Kier alpha value is -2.72. The third-order valence-corrected chi connectivity index (χ3v) is 7.08. The molecular weight excluding hydrogens is 412 g/mol. The van der Waals surface area contributed by atoms with Crippen LogP contribution in [0.5, 0.6) is 0 Å². The van der Waals surface area contributed by atoms with Crippen molar-refractivity contribution in [1.82, 2.24) is 14.9 Å². The first-order valence-electron chi connectivity index (χ1n) is 9.21. The summed E-state index contributed by atoms with van der Waals surface area (Å²) >= 11 is 1.48. The number of sulfonamides is 1. The molecule has 2 aromatic rings. The molecule has 4 rings (SSSR count). The molecule has 2 aliphatic heterocycles. The standard InChI is InChI=1S/C19H20N4O4S2/c24-17(11-20-18-15-3-1-2-4-16(15)29(26,27)22-18)23-8-5-14(6-9-23)21-19(25)13-7-10-28-12-13/h1-4,7,10,12,14H,5-6,8-9,11H2,(H,20,22)(H,21,25). The highest BCUT2D eigenvalue weighted by atomic mass is 32.2. The second-order valence-electron chi connectivity index (χ2n) is 6.91. The lowest BCUT2D eigenvalue weighted by atomic mass is 10.0. The Kier molecular flexibility index (Phi) is 5.37. The molecule has 0 atom stereocenters. The second-order valence-corrected chi connectivity index (χ2v) is 9.34. The highest BCUT2D eigenvalue weighted by Crippen LogP contribution is 2.22. The van der Waals surface area contributed by atoms with Crippen LogP contribution in [0.15, 0.2) is 51.0 Å². The lowest BCUT2D eigenvalue weighted by Crippen LogP contribution is -2.47. The van der Waals surface area contributed by atoms with Crippen LogP contribution in [0.3, 0.4) is 0 Å². The topological polar surface area (TPSA) is 108 Å². The van der Waals surface area contributed by atoms with Crippen LogP contribution in [-0.2, 0) is 14.8 Å². The van der Waals surface area contributed by atoms with Gasteiger partial charge in [-0.25, -0.2) is 8.42 Å². The first-order valence-corrected chi connectivity index (χ1v) is 11.6. The molecule has 29 heavy (non-hydrogen) atoms. The van der Waals surface area contributed by atoms with Gasteiger partial charge in [-0.05, 0) is 36.4 Å². The maximum Gasteiger partial charge on any atom is 0.263 e. The van der Waals surface area contributed by atoms with Gasteiger partial charge in [-0.1, -0.05) is 12.1 Å². The maximum atomic E-state index is 12.5. The Bertz CT molecular complexity index is 1060. The largest absolute Gasteiger partial charge is 0.349 e. The van der Waals surface area contributed by atoms with Crippen molar-refractivity contribution in [3.05, 3.63) is 52.2 Å². The molecule has 1 aromatic heterocycles. The predicted octanol–water partition coefficient (Wildman–Crippen LogP) is 1.21. The monoisotopic (exact) mass is 432 g/mol. The molecule has 8 nitrogen and oxygen atoms in total. The van der Waals surface area contributed by atoms with Gasteiger partial charge in [0.2, 0.25) is 5.91 Å². The van der Waals surface area contributed by atoms with Crippen LogP contribution in [0.1, 0.15) is 28.8 Å². The molecule has 0 aliphatic carbocycles. The number of hydrogen-bond donors (Lipinski definition) is 2. The number of amides is 2. The maximum absolute atomic E-state index is 12.5. The minimum Gasteiger partial charge on any atom is -0.349 e. The summed E-state index contributed by atoms with van der Waals surface area (Å²) in [4.78, 5) is 30.7. The fourth-order valence-corrected chi connectivity index (χ4v) is 5.32. The predicted molar refractivity (Wildman–Crippen MR) is 110 cm³/mol. The number of aliphatic imine (C=N–C) groups is 1. The Morgan fingerprint density at radius 2 is 1.97 bits per heavy atom. The van der Waals surface area contributed by atoms with Gasteiger partial charge in [-0.2, -0.15) is 11.3 Å². The van der Waals surface area contributed by atoms with Crippen LogP contribution in [0, 0.1) is 0 Å². The van der Waals surface area contributed by atoms with Gasteiger partial charge in [-0.3, -0.25) is 19.3 Å². The van der Waals surface area contributed by atoms with Crippen molar-refractivity contribution in [3.63, 3.8) is 0 Å². The number of carbonyl (C=O) groups excluding carboxylic acids is 2. The molecule has 10 heteroatoms. The van der Waals surface area contributed by atoms with Crippen molar-refractivity contribution >= 4 is 39.0 Å². The average molecular weight is 433 g/mol. The summed E-state index contributed by atoms with van der Waals surface area (Å²) in [7, 11) is -3.61. The van der Waals surface area contributed by atoms with Gasteiger partial charge >= 0.3 is 0 Å². The van der Waals surface area contributed by atoms with E-state index in [9.17, 15) is 18.0 Å². The zero-order valence-corrected chi connectivity index (χ0v) is 17.1. The molecule has 0 radical (unpaired) electrons. The minimum absolute atomic E-state index is 0.0336. The first kappa shape index (κ1) is 19.6. The van der Waals surface area contributed by atoms with Crippen LogP contribution < -0.4 is 10.0 Å². The van der Waals surface area contributed by atoms with Crippen molar-refractivity contribution in [3.8, 4) is 0 Å². The third-order valence-electron chi connectivity index (χ3n) is 5.00. The molecule has 3 heterocycles. The van der Waals surface area contributed by atoms with Gasteiger partial charge in [0.05, 0.1) is 4.90 Å². The van der Waals surface area contributed by atoms with Crippen LogP contribution >= 0.6 is 11.3 Å². The van der Waals surface area contributed by atoms with E-state index in [-0.39, 0.29) is 35.1 Å². The Morgan fingerprint density at radius 1 is 1.21 bits per heavy atom. The molecule has 152 valence electrons. The molecule has 1 aromatic carbocycles. The molecule has 0 unspecified atom stereocenters. The van der Waals surface area contributed by atoms with E-state index in [1.807, 2.05) is 10.8 Å². The number of carbonyl (C=O) groups is 2. The Labute approximate surface area is 172 Å². The number of hydrogen-bond acceptors (Lipinski definition) is 6. The van der Waals surface area contributed by atoms with Crippen LogP contribution in [0.25, 0.3) is 0 Å².